The van der Waals surface area contributed by atoms with E-state index in [-0.39, 0.29) is 41.1 Å². The number of alkyl halides is 3. The van der Waals surface area contributed by atoms with Gasteiger partial charge >= 0.3 is 6.18 Å². The minimum atomic E-state index is -4.58. The van der Waals surface area contributed by atoms with E-state index in [9.17, 15) is 23.5 Å². The molecule has 7 unspecified atom stereocenters. The minimum absolute atomic E-state index is 0.0210. The first-order chi connectivity index (χ1) is 14.0. The number of fused-ring (bicyclic) bond motifs is 1. The van der Waals surface area contributed by atoms with Crippen LogP contribution in [0.25, 0.3) is 0 Å². The molecule has 0 radical (unpaired) electrons. The van der Waals surface area contributed by atoms with Crippen LogP contribution < -0.4 is 0 Å². The number of rotatable bonds is 1. The van der Waals surface area contributed by atoms with Gasteiger partial charge in [0.2, 0.25) is 0 Å². The highest BCUT2D eigenvalue weighted by Gasteiger charge is 2.80. The summed E-state index contributed by atoms with van der Waals surface area (Å²) in [4.78, 5) is 0. The predicted octanol–water partition coefficient (Wildman–Crippen LogP) is 5.93. The van der Waals surface area contributed by atoms with Crippen molar-refractivity contribution in [3.05, 3.63) is 11.6 Å². The zero-order valence-electron chi connectivity index (χ0n) is 18.3. The molecule has 0 spiro atoms. The molecule has 4 aliphatic carbocycles. The molecule has 4 fully saturated rings. The van der Waals surface area contributed by atoms with Crippen molar-refractivity contribution in [3.63, 3.8) is 0 Å². The molecule has 6 heteroatoms. The Morgan fingerprint density at radius 2 is 1.90 bits per heavy atom. The van der Waals surface area contributed by atoms with Crippen LogP contribution in [0.1, 0.15) is 78.1 Å². The zero-order chi connectivity index (χ0) is 22.0. The summed E-state index contributed by atoms with van der Waals surface area (Å²) in [6.45, 7) is 4.36. The number of allylic oxidation sites excluding steroid dienone is 2. The van der Waals surface area contributed by atoms with Crippen LogP contribution in [0.15, 0.2) is 11.6 Å². The third-order valence-electron chi connectivity index (χ3n) is 9.85. The molecule has 0 bridgehead atoms. The monoisotopic (exact) mass is 425 g/mol. The van der Waals surface area contributed by atoms with Crippen LogP contribution in [0.4, 0.5) is 13.2 Å². The number of halogens is 3. The fraction of sp³-hybridized carbons (Fsp3) is 0.875. The smallest absolute Gasteiger partial charge is 0.381 e. The average molecular weight is 426 g/mol. The van der Waals surface area contributed by atoms with Crippen LogP contribution in [0.2, 0.25) is 0 Å². The van der Waals surface area contributed by atoms with Crippen molar-refractivity contribution in [2.24, 2.45) is 28.1 Å². The predicted molar refractivity (Wildman–Crippen MR) is 107 cm³/mol. The lowest BCUT2D eigenvalue weighted by Gasteiger charge is -2.52. The summed E-state index contributed by atoms with van der Waals surface area (Å²) < 4.78 is 46.9. The highest BCUT2D eigenvalue weighted by Crippen LogP contribution is 2.84. The topological polar surface area (TPSA) is 53.2 Å². The lowest BCUT2D eigenvalue weighted by Crippen LogP contribution is -2.51. The molecule has 4 rings (SSSR count). The van der Waals surface area contributed by atoms with Crippen LogP contribution in [0.5, 0.6) is 0 Å². The molecule has 7 atom stereocenters. The minimum Gasteiger partial charge on any atom is -0.381 e. The number of methoxy groups -OCH3 is 1. The van der Waals surface area contributed by atoms with E-state index in [1.807, 2.05) is 0 Å². The van der Waals surface area contributed by atoms with Gasteiger partial charge in [-0.15, -0.1) is 0 Å². The molecular formula is C24H34F3NO2. The van der Waals surface area contributed by atoms with Crippen molar-refractivity contribution in [1.29, 1.82) is 5.26 Å². The third-order valence-corrected chi connectivity index (χ3v) is 9.85. The maximum atomic E-state index is 13.6. The van der Waals surface area contributed by atoms with Crippen molar-refractivity contribution in [1.82, 2.24) is 0 Å². The van der Waals surface area contributed by atoms with Gasteiger partial charge in [-0.3, -0.25) is 0 Å². The number of nitriles is 1. The largest absolute Gasteiger partial charge is 0.417 e. The molecule has 0 saturated heterocycles. The van der Waals surface area contributed by atoms with E-state index in [0.717, 1.165) is 32.1 Å². The van der Waals surface area contributed by atoms with Gasteiger partial charge in [0.15, 0.2) is 5.60 Å². The summed E-state index contributed by atoms with van der Waals surface area (Å²) >= 11 is 0. The van der Waals surface area contributed by atoms with Crippen molar-refractivity contribution >= 4 is 0 Å². The molecule has 0 heterocycles. The van der Waals surface area contributed by atoms with Gasteiger partial charge in [-0.1, -0.05) is 32.3 Å². The molecule has 0 aromatic rings. The first-order valence-corrected chi connectivity index (χ1v) is 11.4. The number of hydrogen-bond donors (Lipinski definition) is 1. The van der Waals surface area contributed by atoms with E-state index in [1.54, 1.807) is 13.2 Å². The molecule has 3 nitrogen and oxygen atoms in total. The summed E-state index contributed by atoms with van der Waals surface area (Å²) in [5, 5.41) is 19.7. The Balaban J connectivity index is 1.71. The van der Waals surface area contributed by atoms with E-state index < -0.39 is 11.8 Å². The second-order valence-corrected chi connectivity index (χ2v) is 10.8. The van der Waals surface area contributed by atoms with Gasteiger partial charge in [0.25, 0.3) is 0 Å². The number of nitrogens with zero attached hydrogens (tertiary/aromatic N) is 1. The molecule has 0 aliphatic heterocycles. The third kappa shape index (κ3) is 2.77. The Morgan fingerprint density at radius 3 is 2.53 bits per heavy atom. The molecule has 0 aromatic carbocycles. The van der Waals surface area contributed by atoms with Crippen LogP contribution in [0, 0.1) is 39.4 Å². The van der Waals surface area contributed by atoms with Crippen LogP contribution in [-0.4, -0.2) is 30.1 Å². The molecule has 4 aliphatic rings. The van der Waals surface area contributed by atoms with Crippen LogP contribution in [0.3, 0.4) is 0 Å². The standard InChI is InChI=1S/C24H34F3NO2/c1-16-8-12-22(29,24(25,26)27)11-5-4-10-21-15-23(16,21)19(30-3)14-20(2)17(9-13-28)6-7-18(20)21/h9,16,18-19,29H,4-8,10-12,14-15H2,1-3H3. The fourth-order valence-corrected chi connectivity index (χ4v) is 8.28. The van der Waals surface area contributed by atoms with E-state index in [2.05, 4.69) is 19.9 Å². The van der Waals surface area contributed by atoms with Crippen molar-refractivity contribution < 1.29 is 23.0 Å². The van der Waals surface area contributed by atoms with Gasteiger partial charge in [0.05, 0.1) is 12.2 Å². The number of aliphatic hydroxyl groups is 1. The highest BCUT2D eigenvalue weighted by atomic mass is 19.4. The quantitative estimate of drug-likeness (QED) is 0.530. The first-order valence-electron chi connectivity index (χ1n) is 11.4. The second-order valence-electron chi connectivity index (χ2n) is 10.8. The first kappa shape index (κ1) is 22.1. The lowest BCUT2D eigenvalue weighted by molar-refractivity contribution is -0.267. The Kier molecular flexibility index (Phi) is 5.14. The Hall–Kier alpha value is -1.06. The molecule has 0 aromatic heterocycles. The average Bonchev–Trinajstić information content (AvgIpc) is 3.26. The van der Waals surface area contributed by atoms with Gasteiger partial charge in [0.1, 0.15) is 0 Å². The van der Waals surface area contributed by atoms with Gasteiger partial charge < -0.3 is 9.84 Å². The summed E-state index contributed by atoms with van der Waals surface area (Å²) in [7, 11) is 1.73. The molecular weight excluding hydrogens is 391 g/mol. The van der Waals surface area contributed by atoms with Crippen molar-refractivity contribution in [2.45, 2.75) is 95.9 Å². The second kappa shape index (κ2) is 6.97. The van der Waals surface area contributed by atoms with E-state index in [1.165, 1.54) is 5.57 Å². The molecule has 0 amide bonds. The van der Waals surface area contributed by atoms with E-state index in [4.69, 9.17) is 4.74 Å². The Morgan fingerprint density at radius 1 is 1.20 bits per heavy atom. The maximum absolute atomic E-state index is 13.6. The maximum Gasteiger partial charge on any atom is 0.417 e. The normalized spacial score (nSPS) is 50.2. The Labute approximate surface area is 177 Å². The SMILES string of the molecule is COC1CC2(C)C(=CC#N)CCC2C23CCCCC(O)(C(F)(F)F)CCC(C)C12C3. The lowest BCUT2D eigenvalue weighted by atomic mass is 9.54. The van der Waals surface area contributed by atoms with Crippen molar-refractivity contribution in [2.75, 3.05) is 7.11 Å². The van der Waals surface area contributed by atoms with E-state index in [0.29, 0.717) is 25.2 Å². The summed E-state index contributed by atoms with van der Waals surface area (Å²) in [5.74, 6) is 0.516. The summed E-state index contributed by atoms with van der Waals surface area (Å²) in [6, 6.07) is 2.23. The van der Waals surface area contributed by atoms with Crippen LogP contribution in [-0.2, 0) is 4.74 Å². The molecule has 30 heavy (non-hydrogen) atoms. The zero-order valence-corrected chi connectivity index (χ0v) is 18.3. The number of hydrogen-bond acceptors (Lipinski definition) is 3. The molecule has 1 N–H and O–H groups in total. The van der Waals surface area contributed by atoms with Gasteiger partial charge in [-0.2, -0.15) is 18.4 Å². The summed E-state index contributed by atoms with van der Waals surface area (Å²) in [6.07, 6.45) is 2.87. The van der Waals surface area contributed by atoms with Gasteiger partial charge in [-0.25, -0.2) is 0 Å². The van der Waals surface area contributed by atoms with Crippen LogP contribution >= 0.6 is 0 Å². The Bertz CT molecular complexity index is 773. The van der Waals surface area contributed by atoms with Gasteiger partial charge in [-0.05, 0) is 74.0 Å². The van der Waals surface area contributed by atoms with Crippen molar-refractivity contribution in [3.8, 4) is 6.07 Å². The molecule has 168 valence electrons. The molecule has 4 saturated carbocycles. The van der Waals surface area contributed by atoms with E-state index >= 15 is 0 Å². The number of ether oxygens (including phenoxy) is 1. The highest BCUT2D eigenvalue weighted by molar-refractivity contribution is 5.36. The summed E-state index contributed by atoms with van der Waals surface area (Å²) in [5.41, 5.74) is -1.44. The fourth-order valence-electron chi connectivity index (χ4n) is 8.28. The van der Waals surface area contributed by atoms with Gasteiger partial charge in [0, 0.05) is 18.6 Å².